The van der Waals surface area contributed by atoms with Crippen LogP contribution in [0.4, 0.5) is 10.1 Å². The predicted molar refractivity (Wildman–Crippen MR) is 78.0 cm³/mol. The fraction of sp³-hybridized carbons (Fsp3) is 0. The number of nitrogens with one attached hydrogen (secondary N) is 1. The van der Waals surface area contributed by atoms with E-state index in [-0.39, 0.29) is 17.3 Å². The highest BCUT2D eigenvalue weighted by molar-refractivity contribution is 6.02. The molecule has 0 spiro atoms. The maximum absolute atomic E-state index is 12.9. The van der Waals surface area contributed by atoms with Crippen LogP contribution in [0.25, 0.3) is 11.3 Å². The van der Waals surface area contributed by atoms with Crippen LogP contribution >= 0.6 is 0 Å². The fourth-order valence-corrected chi connectivity index (χ4v) is 1.92. The van der Waals surface area contributed by atoms with Crippen molar-refractivity contribution in [1.82, 2.24) is 5.16 Å². The molecule has 0 atom stereocenters. The van der Waals surface area contributed by atoms with Gasteiger partial charge in [0, 0.05) is 23.4 Å². The Hall–Kier alpha value is -3.15. The van der Waals surface area contributed by atoms with Gasteiger partial charge in [-0.2, -0.15) is 0 Å². The van der Waals surface area contributed by atoms with Gasteiger partial charge in [-0.05, 0) is 36.4 Å². The lowest BCUT2D eigenvalue weighted by atomic mass is 10.1. The minimum Gasteiger partial charge on any atom is -0.508 e. The van der Waals surface area contributed by atoms with E-state index < -0.39 is 5.91 Å². The quantitative estimate of drug-likeness (QED) is 0.776. The first-order valence-corrected chi connectivity index (χ1v) is 6.45. The van der Waals surface area contributed by atoms with Crippen molar-refractivity contribution in [3.05, 3.63) is 66.2 Å². The molecule has 3 aromatic rings. The first-order chi connectivity index (χ1) is 10.6. The van der Waals surface area contributed by atoms with Gasteiger partial charge in [-0.25, -0.2) is 4.39 Å². The second-order valence-electron chi connectivity index (χ2n) is 4.59. The average molecular weight is 298 g/mol. The van der Waals surface area contributed by atoms with Gasteiger partial charge in [0.2, 0.25) is 5.76 Å². The molecule has 0 radical (unpaired) electrons. The molecule has 5 nitrogen and oxygen atoms in total. The number of halogens is 1. The van der Waals surface area contributed by atoms with Crippen molar-refractivity contribution in [2.45, 2.75) is 0 Å². The van der Waals surface area contributed by atoms with E-state index in [0.717, 1.165) is 0 Å². The van der Waals surface area contributed by atoms with Gasteiger partial charge in [0.15, 0.2) is 0 Å². The summed E-state index contributed by atoms with van der Waals surface area (Å²) in [6.45, 7) is 0. The molecule has 1 aromatic heterocycles. The van der Waals surface area contributed by atoms with Gasteiger partial charge in [0.25, 0.3) is 5.91 Å². The van der Waals surface area contributed by atoms with E-state index in [1.807, 2.05) is 0 Å². The largest absolute Gasteiger partial charge is 0.508 e. The lowest BCUT2D eigenvalue weighted by Crippen LogP contribution is -2.10. The number of hydrogen-bond acceptors (Lipinski definition) is 4. The third-order valence-electron chi connectivity index (χ3n) is 2.98. The molecular formula is C16H11FN2O3. The minimum absolute atomic E-state index is 0.0164. The molecule has 0 aliphatic rings. The number of aromatic nitrogens is 1. The van der Waals surface area contributed by atoms with Gasteiger partial charge in [-0.3, -0.25) is 4.79 Å². The molecule has 0 saturated heterocycles. The molecule has 0 aliphatic carbocycles. The van der Waals surface area contributed by atoms with Gasteiger partial charge < -0.3 is 14.9 Å². The first kappa shape index (κ1) is 13.8. The molecule has 0 unspecified atom stereocenters. The van der Waals surface area contributed by atoms with Crippen LogP contribution in [0.5, 0.6) is 5.75 Å². The second kappa shape index (κ2) is 5.69. The number of amides is 1. The summed E-state index contributed by atoms with van der Waals surface area (Å²) in [5.74, 6) is -0.786. The molecule has 0 saturated carbocycles. The van der Waals surface area contributed by atoms with Gasteiger partial charge in [0.1, 0.15) is 17.3 Å². The Morgan fingerprint density at radius 2 is 1.91 bits per heavy atom. The Morgan fingerprint density at radius 3 is 2.64 bits per heavy atom. The van der Waals surface area contributed by atoms with Crippen molar-refractivity contribution in [3.8, 4) is 17.0 Å². The molecule has 0 aliphatic heterocycles. The third-order valence-corrected chi connectivity index (χ3v) is 2.98. The summed E-state index contributed by atoms with van der Waals surface area (Å²) in [6, 6.07) is 13.3. The van der Waals surface area contributed by atoms with E-state index in [4.69, 9.17) is 4.52 Å². The smallest absolute Gasteiger partial charge is 0.294 e. The number of aromatic hydroxyl groups is 1. The lowest BCUT2D eigenvalue weighted by molar-refractivity contribution is 0.0988. The maximum atomic E-state index is 12.9. The second-order valence-corrected chi connectivity index (χ2v) is 4.59. The molecule has 1 amide bonds. The topological polar surface area (TPSA) is 75.4 Å². The Balaban J connectivity index is 1.78. The molecule has 3 rings (SSSR count). The van der Waals surface area contributed by atoms with Crippen LogP contribution in [0.2, 0.25) is 0 Å². The van der Waals surface area contributed by atoms with Crippen LogP contribution in [-0.2, 0) is 0 Å². The number of phenolic OH excluding ortho intramolecular Hbond substituents is 1. The van der Waals surface area contributed by atoms with Gasteiger partial charge in [-0.15, -0.1) is 0 Å². The van der Waals surface area contributed by atoms with Crippen LogP contribution in [-0.4, -0.2) is 16.2 Å². The lowest BCUT2D eigenvalue weighted by Gasteiger charge is -2.02. The molecule has 1 heterocycles. The zero-order chi connectivity index (χ0) is 15.5. The Labute approximate surface area is 125 Å². The molecule has 2 aromatic carbocycles. The van der Waals surface area contributed by atoms with Crippen LogP contribution in [0.1, 0.15) is 10.6 Å². The molecule has 0 bridgehead atoms. The molecule has 110 valence electrons. The highest BCUT2D eigenvalue weighted by Gasteiger charge is 2.14. The molecule has 0 fully saturated rings. The van der Waals surface area contributed by atoms with Crippen LogP contribution < -0.4 is 5.32 Å². The van der Waals surface area contributed by atoms with Gasteiger partial charge in [0.05, 0.1) is 0 Å². The van der Waals surface area contributed by atoms with E-state index in [9.17, 15) is 14.3 Å². The summed E-state index contributed by atoms with van der Waals surface area (Å²) in [7, 11) is 0. The SMILES string of the molecule is O=C(Nc1cccc(O)c1)c1cc(-c2ccc(F)cc2)no1. The summed E-state index contributed by atoms with van der Waals surface area (Å²) in [5.41, 5.74) is 1.51. The standard InChI is InChI=1S/C16H11FN2O3/c17-11-6-4-10(5-7-11)14-9-15(22-19-14)16(21)18-12-2-1-3-13(20)8-12/h1-9,20H,(H,18,21). The van der Waals surface area contributed by atoms with Crippen molar-refractivity contribution >= 4 is 11.6 Å². The number of carbonyl (C=O) groups is 1. The van der Waals surface area contributed by atoms with E-state index >= 15 is 0 Å². The average Bonchev–Trinajstić information content (AvgIpc) is 2.98. The molecular weight excluding hydrogens is 287 g/mol. The van der Waals surface area contributed by atoms with E-state index in [1.54, 1.807) is 24.3 Å². The normalized spacial score (nSPS) is 10.4. The maximum Gasteiger partial charge on any atom is 0.294 e. The molecule has 2 N–H and O–H groups in total. The van der Waals surface area contributed by atoms with Crippen molar-refractivity contribution in [3.63, 3.8) is 0 Å². The van der Waals surface area contributed by atoms with Crippen LogP contribution in [0.15, 0.2) is 59.1 Å². The number of carbonyl (C=O) groups excluding carboxylic acids is 1. The summed E-state index contributed by atoms with van der Waals surface area (Å²) in [6.07, 6.45) is 0. The molecule has 6 heteroatoms. The third kappa shape index (κ3) is 2.95. The highest BCUT2D eigenvalue weighted by atomic mass is 19.1. The Bertz CT molecular complexity index is 812. The summed E-state index contributed by atoms with van der Waals surface area (Å²) in [5, 5.41) is 15.7. The zero-order valence-electron chi connectivity index (χ0n) is 11.3. The number of nitrogens with zero attached hydrogens (tertiary/aromatic N) is 1. The minimum atomic E-state index is -0.494. The van der Waals surface area contributed by atoms with Crippen molar-refractivity contribution in [2.75, 3.05) is 5.32 Å². The zero-order valence-corrected chi connectivity index (χ0v) is 11.3. The highest BCUT2D eigenvalue weighted by Crippen LogP contribution is 2.21. The van der Waals surface area contributed by atoms with E-state index in [2.05, 4.69) is 10.5 Å². The Kier molecular flexibility index (Phi) is 3.57. The van der Waals surface area contributed by atoms with Crippen LogP contribution in [0.3, 0.4) is 0 Å². The number of phenols is 1. The first-order valence-electron chi connectivity index (χ1n) is 6.45. The van der Waals surface area contributed by atoms with Gasteiger partial charge in [-0.1, -0.05) is 11.2 Å². The number of anilines is 1. The fourth-order valence-electron chi connectivity index (χ4n) is 1.92. The monoisotopic (exact) mass is 298 g/mol. The van der Waals surface area contributed by atoms with Gasteiger partial charge >= 0.3 is 0 Å². The van der Waals surface area contributed by atoms with Crippen molar-refractivity contribution in [1.29, 1.82) is 0 Å². The van der Waals surface area contributed by atoms with Crippen LogP contribution in [0, 0.1) is 5.82 Å². The summed E-state index contributed by atoms with van der Waals surface area (Å²) >= 11 is 0. The van der Waals surface area contributed by atoms with E-state index in [1.165, 1.54) is 30.3 Å². The summed E-state index contributed by atoms with van der Waals surface area (Å²) < 4.78 is 17.9. The predicted octanol–water partition coefficient (Wildman–Crippen LogP) is 3.44. The van der Waals surface area contributed by atoms with E-state index in [0.29, 0.717) is 16.9 Å². The molecule has 22 heavy (non-hydrogen) atoms. The number of rotatable bonds is 3. The number of hydrogen-bond donors (Lipinski definition) is 2. The van der Waals surface area contributed by atoms with Crippen molar-refractivity contribution in [2.24, 2.45) is 0 Å². The summed E-state index contributed by atoms with van der Waals surface area (Å²) in [4.78, 5) is 12.0. The number of benzene rings is 2. The Morgan fingerprint density at radius 1 is 1.14 bits per heavy atom. The van der Waals surface area contributed by atoms with Crippen molar-refractivity contribution < 1.29 is 18.8 Å².